The van der Waals surface area contributed by atoms with Crippen molar-refractivity contribution in [2.45, 2.75) is 195 Å². The maximum Gasteiger partial charge on any atom is 0.135 e. The predicted octanol–water partition coefficient (Wildman–Crippen LogP) is 24.9. The molecule has 2 aromatic heterocycles. The summed E-state index contributed by atoms with van der Waals surface area (Å²) in [5.41, 5.74) is 10.6. The van der Waals surface area contributed by atoms with E-state index in [9.17, 15) is 15.3 Å². The molecule has 0 radical (unpaired) electrons. The number of furan rings is 2. The maximum atomic E-state index is 10.8. The van der Waals surface area contributed by atoms with Crippen molar-refractivity contribution in [3.8, 4) is 50.6 Å². The van der Waals surface area contributed by atoms with Gasteiger partial charge in [0.1, 0.15) is 39.6 Å². The van der Waals surface area contributed by atoms with Gasteiger partial charge in [0.05, 0.1) is 40.4 Å². The Morgan fingerprint density at radius 2 is 0.530 bits per heavy atom. The third kappa shape index (κ3) is 16.3. The number of para-hydroxylation sites is 7. The minimum absolute atomic E-state index is 0.328. The number of phenolic OH excluding ortho intramolecular Hbond substituents is 3. The largest absolute Gasteiger partial charge is 0.507 e. The van der Waals surface area contributed by atoms with Crippen molar-refractivity contribution in [3.63, 3.8) is 0 Å². The molecule has 0 saturated carbocycles. The lowest BCUT2D eigenvalue weighted by molar-refractivity contribution is 0.477. The highest BCUT2D eigenvalue weighted by atomic mass is 28.3. The number of aromatic hydroxyl groups is 3. The predicted molar refractivity (Wildman–Crippen MR) is 452 cm³/mol. The Hall–Kier alpha value is -7.72. The number of hydrogen-bond donors (Lipinski definition) is 3. The smallest absolute Gasteiger partial charge is 0.135 e. The number of phenols is 3. The van der Waals surface area contributed by atoms with Crippen LogP contribution in [0.2, 0.25) is 90.7 Å². The number of hydrogen-bond acceptors (Lipinski definition) is 5. The molecule has 526 valence electrons. The van der Waals surface area contributed by atoms with Gasteiger partial charge >= 0.3 is 0 Å². The summed E-state index contributed by atoms with van der Waals surface area (Å²) in [7, 11) is -7.31. The Bertz CT molecular complexity index is 4380. The fraction of sp³-hybridized carbons (Fsp3) is 0.333. The normalized spacial score (nSPS) is 11.9. The SMILES string of the molecule is CC[Si](CC)(CC)c1cccc(-c2ccccc2)c1O.CC[Si](CC)(CC)c1cccc(-c2ccccc2O)c1.CC[Si](CC)(CC)c1cccc2c1oc1c([Si](CC)(CC)CC)cccc12.CC[Si](CC)(CC)c1cccc2c1oc1ccccc12.Oc1ccccc1-c1ccccc1. The number of benzene rings is 10. The second kappa shape index (κ2) is 36.2. The van der Waals surface area contributed by atoms with Crippen molar-refractivity contribution in [3.05, 3.63) is 231 Å². The van der Waals surface area contributed by atoms with Crippen LogP contribution in [0.5, 0.6) is 17.2 Å². The maximum absolute atomic E-state index is 10.8. The van der Waals surface area contributed by atoms with Crippen LogP contribution in [0.25, 0.3) is 77.3 Å². The van der Waals surface area contributed by atoms with Gasteiger partial charge in [0.25, 0.3) is 0 Å². The number of fused-ring (bicyclic) bond motifs is 6. The highest BCUT2D eigenvalue weighted by molar-refractivity contribution is 6.95. The van der Waals surface area contributed by atoms with Crippen molar-refractivity contribution in [2.75, 3.05) is 0 Å². The first kappa shape index (κ1) is 78.0. The molecule has 5 nitrogen and oxygen atoms in total. The second-order valence-electron chi connectivity index (χ2n) is 27.5. The van der Waals surface area contributed by atoms with Crippen LogP contribution in [0.3, 0.4) is 0 Å². The average Bonchev–Trinajstić information content (AvgIpc) is 1.58. The summed E-state index contributed by atoms with van der Waals surface area (Å²) in [6, 6.07) is 98.0. The fourth-order valence-corrected chi connectivity index (χ4v) is 35.0. The second-order valence-corrected chi connectivity index (χ2v) is 53.6. The van der Waals surface area contributed by atoms with Crippen LogP contribution in [0.1, 0.15) is 104 Å². The molecule has 0 amide bonds. The third-order valence-electron chi connectivity index (χ3n) is 24.2. The van der Waals surface area contributed by atoms with Crippen molar-refractivity contribution >= 4 is 110 Å². The Kier molecular flexibility index (Phi) is 28.3. The highest BCUT2D eigenvalue weighted by Gasteiger charge is 2.37. The molecule has 10 heteroatoms. The molecule has 0 bridgehead atoms. The summed E-state index contributed by atoms with van der Waals surface area (Å²) in [6.07, 6.45) is 0. The molecular formula is C90H116O5Si5. The molecule has 12 aromatic rings. The highest BCUT2D eigenvalue weighted by Crippen LogP contribution is 2.37. The van der Waals surface area contributed by atoms with Crippen LogP contribution in [0.15, 0.2) is 239 Å². The minimum atomic E-state index is -1.55. The lowest BCUT2D eigenvalue weighted by atomic mass is 10.1. The first-order valence-corrected chi connectivity index (χ1v) is 51.1. The van der Waals surface area contributed by atoms with Gasteiger partial charge in [-0.15, -0.1) is 0 Å². The van der Waals surface area contributed by atoms with Crippen LogP contribution < -0.4 is 25.9 Å². The van der Waals surface area contributed by atoms with Gasteiger partial charge in [-0.1, -0.05) is 412 Å². The van der Waals surface area contributed by atoms with Crippen molar-refractivity contribution in [1.82, 2.24) is 0 Å². The summed E-state index contributed by atoms with van der Waals surface area (Å²) >= 11 is 0. The lowest BCUT2D eigenvalue weighted by Crippen LogP contribution is -2.46. The van der Waals surface area contributed by atoms with E-state index < -0.39 is 40.4 Å². The molecule has 0 spiro atoms. The molecule has 12 rings (SSSR count). The van der Waals surface area contributed by atoms with E-state index in [-0.39, 0.29) is 0 Å². The molecule has 0 unspecified atom stereocenters. The van der Waals surface area contributed by atoms with E-state index in [1.54, 1.807) is 22.5 Å². The molecule has 2 heterocycles. The van der Waals surface area contributed by atoms with E-state index in [2.05, 4.69) is 231 Å². The molecule has 0 atom stereocenters. The van der Waals surface area contributed by atoms with Gasteiger partial charge in [0.2, 0.25) is 0 Å². The van der Waals surface area contributed by atoms with Crippen LogP contribution in [-0.2, 0) is 0 Å². The average molecular weight is 1420 g/mol. The first-order valence-electron chi connectivity index (χ1n) is 38.0. The molecule has 0 aliphatic carbocycles. The van der Waals surface area contributed by atoms with Gasteiger partial charge in [-0.3, -0.25) is 0 Å². The number of rotatable bonds is 23. The standard InChI is InChI=1S/C24H36OSi2.C18H22OSi.2C18H24OSi.C12H10O/c1-7-26(8-2,9-3)21-17-13-15-19-20-16-14-18-22(24(20)25-23(19)21)27(10-4,11-5)12-6;1-4-20(5-2,6-3)17-13-9-11-15-14-10-7-8-12-16(14)19-18(15)17;1-4-20(5-2,6-3)16-11-9-10-15(14-16)17-12-7-8-13-18(17)19;1-4-20(5-2,6-3)17-14-10-13-16(18(17)19)15-11-8-7-9-12-15;13-12-9-5-4-8-11(12)10-6-2-1-3-7-10/h13-18H,7-12H2,1-6H3;7-13H,4-6H2,1-3H3;2*7-14,19H,4-6H2,1-3H3;1-9,13H. The van der Waals surface area contributed by atoms with Gasteiger partial charge in [-0.2, -0.15) is 0 Å². The zero-order valence-corrected chi connectivity index (χ0v) is 68.2. The summed E-state index contributed by atoms with van der Waals surface area (Å²) in [4.78, 5) is 0. The molecule has 0 fully saturated rings. The minimum Gasteiger partial charge on any atom is -0.507 e. The molecule has 10 aromatic carbocycles. The summed E-state index contributed by atoms with van der Waals surface area (Å²) < 4.78 is 13.0. The zero-order valence-electron chi connectivity index (χ0n) is 63.2. The molecule has 0 aliphatic rings. The van der Waals surface area contributed by atoms with Crippen LogP contribution in [0.4, 0.5) is 0 Å². The molecule has 3 N–H and O–H groups in total. The van der Waals surface area contributed by atoms with Crippen molar-refractivity contribution < 1.29 is 24.2 Å². The molecule has 0 aliphatic heterocycles. The summed E-state index contributed by atoms with van der Waals surface area (Å²) in [5, 5.41) is 43.0. The van der Waals surface area contributed by atoms with Crippen LogP contribution >= 0.6 is 0 Å². The molecular weight excluding hydrogens is 1300 g/mol. The van der Waals surface area contributed by atoms with Crippen molar-refractivity contribution in [1.29, 1.82) is 0 Å². The lowest BCUT2D eigenvalue weighted by Gasteiger charge is -2.30. The Balaban J connectivity index is 0.000000161. The van der Waals surface area contributed by atoms with E-state index in [0.717, 1.165) is 44.5 Å². The third-order valence-corrected chi connectivity index (χ3v) is 52.2. The van der Waals surface area contributed by atoms with Gasteiger partial charge in [-0.05, 0) is 55.6 Å². The van der Waals surface area contributed by atoms with Gasteiger partial charge in [0.15, 0.2) is 0 Å². The van der Waals surface area contributed by atoms with E-state index in [4.69, 9.17) is 8.83 Å². The topological polar surface area (TPSA) is 87.0 Å². The van der Waals surface area contributed by atoms with E-state index in [0.29, 0.717) is 17.2 Å². The van der Waals surface area contributed by atoms with Crippen LogP contribution in [-0.4, -0.2) is 55.7 Å². The Labute approximate surface area is 605 Å². The Morgan fingerprint density at radius 1 is 0.240 bits per heavy atom. The van der Waals surface area contributed by atoms with E-state index in [1.807, 2.05) is 91.0 Å². The first-order chi connectivity index (χ1) is 48.5. The summed E-state index contributed by atoms with van der Waals surface area (Å²) in [5.74, 6) is 1.20. The van der Waals surface area contributed by atoms with Crippen LogP contribution in [0, 0.1) is 0 Å². The zero-order chi connectivity index (χ0) is 72.1. The van der Waals surface area contributed by atoms with Gasteiger partial charge in [0, 0.05) is 38.2 Å². The van der Waals surface area contributed by atoms with Crippen molar-refractivity contribution in [2.24, 2.45) is 0 Å². The quantitative estimate of drug-likeness (QED) is 0.0556. The van der Waals surface area contributed by atoms with Gasteiger partial charge < -0.3 is 24.2 Å². The fourth-order valence-electron chi connectivity index (χ4n) is 16.4. The monoisotopic (exact) mass is 1420 g/mol. The molecule has 100 heavy (non-hydrogen) atoms. The molecule has 0 saturated heterocycles. The van der Waals surface area contributed by atoms with E-state index >= 15 is 0 Å². The Morgan fingerprint density at radius 3 is 0.950 bits per heavy atom. The van der Waals surface area contributed by atoms with Gasteiger partial charge in [-0.25, -0.2) is 0 Å². The van der Waals surface area contributed by atoms with E-state index in [1.165, 1.54) is 139 Å². The summed E-state index contributed by atoms with van der Waals surface area (Å²) in [6.45, 7) is 35.1.